The SMILES string of the molecule is Cc1ccccc1C(=O)N1CCN(C(=O)NCc2ccccc2Cl)CC1. The van der Waals surface area contributed by atoms with Crippen molar-refractivity contribution in [2.45, 2.75) is 13.5 Å². The number of rotatable bonds is 3. The quantitative estimate of drug-likeness (QED) is 0.899. The van der Waals surface area contributed by atoms with E-state index in [9.17, 15) is 9.59 Å². The molecule has 1 N–H and O–H groups in total. The molecule has 0 bridgehead atoms. The van der Waals surface area contributed by atoms with Crippen molar-refractivity contribution in [1.29, 1.82) is 0 Å². The Labute approximate surface area is 158 Å². The smallest absolute Gasteiger partial charge is 0.317 e. The molecular formula is C20H22ClN3O2. The van der Waals surface area contributed by atoms with Crippen LogP contribution in [0.2, 0.25) is 5.02 Å². The minimum atomic E-state index is -0.132. The molecular weight excluding hydrogens is 350 g/mol. The van der Waals surface area contributed by atoms with Crippen LogP contribution in [0.5, 0.6) is 0 Å². The zero-order chi connectivity index (χ0) is 18.5. The molecule has 5 nitrogen and oxygen atoms in total. The maximum atomic E-state index is 12.6. The first-order valence-electron chi connectivity index (χ1n) is 8.67. The highest BCUT2D eigenvalue weighted by molar-refractivity contribution is 6.31. The van der Waals surface area contributed by atoms with Crippen LogP contribution in [0.1, 0.15) is 21.5 Å². The second-order valence-electron chi connectivity index (χ2n) is 6.34. The Balaban J connectivity index is 1.52. The molecule has 1 aliphatic heterocycles. The fourth-order valence-corrected chi connectivity index (χ4v) is 3.22. The molecule has 1 heterocycles. The predicted octanol–water partition coefficient (Wildman–Crippen LogP) is 3.32. The summed E-state index contributed by atoms with van der Waals surface area (Å²) in [7, 11) is 0. The van der Waals surface area contributed by atoms with E-state index >= 15 is 0 Å². The largest absolute Gasteiger partial charge is 0.335 e. The molecule has 2 aromatic carbocycles. The molecule has 3 rings (SSSR count). The van der Waals surface area contributed by atoms with Crippen molar-refractivity contribution >= 4 is 23.5 Å². The molecule has 3 amide bonds. The molecule has 6 heteroatoms. The number of hydrogen-bond acceptors (Lipinski definition) is 2. The summed E-state index contributed by atoms with van der Waals surface area (Å²) in [4.78, 5) is 28.5. The average Bonchev–Trinajstić information content (AvgIpc) is 2.67. The average molecular weight is 372 g/mol. The van der Waals surface area contributed by atoms with Gasteiger partial charge in [0.15, 0.2) is 0 Å². The molecule has 26 heavy (non-hydrogen) atoms. The second kappa shape index (κ2) is 8.23. The third kappa shape index (κ3) is 4.17. The van der Waals surface area contributed by atoms with Crippen LogP contribution in [0.25, 0.3) is 0 Å². The Morgan fingerprint density at radius 2 is 1.58 bits per heavy atom. The van der Waals surface area contributed by atoms with Crippen LogP contribution < -0.4 is 5.32 Å². The van der Waals surface area contributed by atoms with Gasteiger partial charge in [0.25, 0.3) is 5.91 Å². The standard InChI is InChI=1S/C20H22ClN3O2/c1-15-6-2-4-8-17(15)19(25)23-10-12-24(13-11-23)20(26)22-14-16-7-3-5-9-18(16)21/h2-9H,10-14H2,1H3,(H,22,26). The third-order valence-electron chi connectivity index (χ3n) is 4.62. The van der Waals surface area contributed by atoms with Crippen LogP contribution in [-0.2, 0) is 6.54 Å². The summed E-state index contributed by atoms with van der Waals surface area (Å²) in [6.07, 6.45) is 0. The van der Waals surface area contributed by atoms with E-state index in [1.807, 2.05) is 49.4 Å². The van der Waals surface area contributed by atoms with Gasteiger partial charge in [-0.05, 0) is 30.2 Å². The molecule has 0 radical (unpaired) electrons. The lowest BCUT2D eigenvalue weighted by molar-refractivity contribution is 0.0664. The zero-order valence-corrected chi connectivity index (χ0v) is 15.5. The van der Waals surface area contributed by atoms with E-state index < -0.39 is 0 Å². The predicted molar refractivity (Wildman–Crippen MR) is 102 cm³/mol. The summed E-state index contributed by atoms with van der Waals surface area (Å²) in [6, 6.07) is 14.9. The maximum absolute atomic E-state index is 12.6. The number of benzene rings is 2. The first-order chi connectivity index (χ1) is 12.6. The van der Waals surface area contributed by atoms with E-state index in [2.05, 4.69) is 5.32 Å². The summed E-state index contributed by atoms with van der Waals surface area (Å²) < 4.78 is 0. The number of urea groups is 1. The second-order valence-corrected chi connectivity index (χ2v) is 6.75. The minimum absolute atomic E-state index is 0.0271. The third-order valence-corrected chi connectivity index (χ3v) is 4.99. The van der Waals surface area contributed by atoms with Gasteiger partial charge in [0.05, 0.1) is 0 Å². The summed E-state index contributed by atoms with van der Waals surface area (Å²) in [5.41, 5.74) is 2.58. The Morgan fingerprint density at radius 1 is 0.962 bits per heavy atom. The first kappa shape index (κ1) is 18.3. The Kier molecular flexibility index (Phi) is 5.78. The van der Waals surface area contributed by atoms with Crippen LogP contribution in [-0.4, -0.2) is 47.9 Å². The number of carbonyl (C=O) groups is 2. The summed E-state index contributed by atoms with van der Waals surface area (Å²) >= 11 is 6.11. The van der Waals surface area contributed by atoms with Gasteiger partial charge in [0, 0.05) is 43.3 Å². The lowest BCUT2D eigenvalue weighted by Gasteiger charge is -2.35. The lowest BCUT2D eigenvalue weighted by Crippen LogP contribution is -2.53. The minimum Gasteiger partial charge on any atom is -0.335 e. The van der Waals surface area contributed by atoms with E-state index in [0.29, 0.717) is 37.7 Å². The molecule has 0 saturated carbocycles. The number of aryl methyl sites for hydroxylation is 1. The highest BCUT2D eigenvalue weighted by Crippen LogP contribution is 2.15. The number of halogens is 1. The van der Waals surface area contributed by atoms with Crippen molar-refractivity contribution in [2.75, 3.05) is 26.2 Å². The lowest BCUT2D eigenvalue weighted by atomic mass is 10.1. The number of nitrogens with one attached hydrogen (secondary N) is 1. The fraction of sp³-hybridized carbons (Fsp3) is 0.300. The van der Waals surface area contributed by atoms with Gasteiger partial charge in [-0.15, -0.1) is 0 Å². The highest BCUT2D eigenvalue weighted by Gasteiger charge is 2.25. The number of hydrogen-bond donors (Lipinski definition) is 1. The highest BCUT2D eigenvalue weighted by atomic mass is 35.5. The molecule has 2 aromatic rings. The van der Waals surface area contributed by atoms with E-state index in [1.54, 1.807) is 15.9 Å². The topological polar surface area (TPSA) is 52.7 Å². The van der Waals surface area contributed by atoms with Gasteiger partial charge in [-0.1, -0.05) is 48.0 Å². The van der Waals surface area contributed by atoms with Crippen LogP contribution in [0.4, 0.5) is 4.79 Å². The molecule has 1 fully saturated rings. The van der Waals surface area contributed by atoms with Gasteiger partial charge in [0.2, 0.25) is 0 Å². The van der Waals surface area contributed by atoms with Gasteiger partial charge >= 0.3 is 6.03 Å². The van der Waals surface area contributed by atoms with E-state index in [-0.39, 0.29) is 11.9 Å². The van der Waals surface area contributed by atoms with Crippen LogP contribution in [0.15, 0.2) is 48.5 Å². The molecule has 1 aliphatic rings. The first-order valence-corrected chi connectivity index (χ1v) is 9.05. The van der Waals surface area contributed by atoms with Gasteiger partial charge in [-0.2, -0.15) is 0 Å². The Morgan fingerprint density at radius 3 is 2.27 bits per heavy atom. The number of carbonyl (C=O) groups excluding carboxylic acids is 2. The molecule has 1 saturated heterocycles. The summed E-state index contributed by atoms with van der Waals surface area (Å²) in [5, 5.41) is 3.53. The van der Waals surface area contributed by atoms with E-state index in [4.69, 9.17) is 11.6 Å². The van der Waals surface area contributed by atoms with E-state index in [1.165, 1.54) is 0 Å². The van der Waals surface area contributed by atoms with Crippen molar-refractivity contribution < 1.29 is 9.59 Å². The number of piperazine rings is 1. The van der Waals surface area contributed by atoms with Crippen molar-refractivity contribution in [3.05, 3.63) is 70.2 Å². The Bertz CT molecular complexity index is 801. The van der Waals surface area contributed by atoms with Crippen molar-refractivity contribution in [2.24, 2.45) is 0 Å². The van der Waals surface area contributed by atoms with Gasteiger partial charge in [0.1, 0.15) is 0 Å². The fourth-order valence-electron chi connectivity index (χ4n) is 3.02. The monoisotopic (exact) mass is 371 g/mol. The summed E-state index contributed by atoms with van der Waals surface area (Å²) in [5.74, 6) is 0.0271. The molecule has 136 valence electrons. The molecule has 0 aromatic heterocycles. The molecule has 0 spiro atoms. The Hall–Kier alpha value is -2.53. The van der Waals surface area contributed by atoms with Gasteiger partial charge < -0.3 is 15.1 Å². The summed E-state index contributed by atoms with van der Waals surface area (Å²) in [6.45, 7) is 4.43. The van der Waals surface area contributed by atoms with Crippen LogP contribution >= 0.6 is 11.6 Å². The molecule has 0 atom stereocenters. The van der Waals surface area contributed by atoms with Crippen LogP contribution in [0, 0.1) is 6.92 Å². The van der Waals surface area contributed by atoms with Gasteiger partial charge in [-0.25, -0.2) is 4.79 Å². The maximum Gasteiger partial charge on any atom is 0.317 e. The van der Waals surface area contributed by atoms with Gasteiger partial charge in [-0.3, -0.25) is 4.79 Å². The molecule has 0 unspecified atom stereocenters. The van der Waals surface area contributed by atoms with E-state index in [0.717, 1.165) is 16.7 Å². The number of nitrogens with zero attached hydrogens (tertiary/aromatic N) is 2. The molecule has 0 aliphatic carbocycles. The van der Waals surface area contributed by atoms with Crippen molar-refractivity contribution in [1.82, 2.24) is 15.1 Å². The zero-order valence-electron chi connectivity index (χ0n) is 14.7. The number of amides is 3. The van der Waals surface area contributed by atoms with Crippen LogP contribution in [0.3, 0.4) is 0 Å². The van der Waals surface area contributed by atoms with Crippen molar-refractivity contribution in [3.8, 4) is 0 Å². The van der Waals surface area contributed by atoms with Crippen molar-refractivity contribution in [3.63, 3.8) is 0 Å². The normalized spacial score (nSPS) is 14.2.